The minimum absolute atomic E-state index is 0.0486. The third kappa shape index (κ3) is 4.77. The summed E-state index contributed by atoms with van der Waals surface area (Å²) in [6.45, 7) is 10.2. The predicted octanol–water partition coefficient (Wildman–Crippen LogP) is 4.09. The zero-order valence-electron chi connectivity index (χ0n) is 16.8. The molecule has 0 spiro atoms. The fraction of sp³-hybridized carbons (Fsp3) is 0.476. The third-order valence-electron chi connectivity index (χ3n) is 5.11. The summed E-state index contributed by atoms with van der Waals surface area (Å²) in [7, 11) is 0. The molecule has 2 heterocycles. The second kappa shape index (κ2) is 9.80. The lowest BCUT2D eigenvalue weighted by atomic mass is 10.1. The highest BCUT2D eigenvalue weighted by atomic mass is 32.1. The molecular weight excluding hydrogens is 374 g/mol. The second-order valence-electron chi connectivity index (χ2n) is 6.68. The van der Waals surface area contributed by atoms with Crippen LogP contribution in [0, 0.1) is 0 Å². The van der Waals surface area contributed by atoms with Gasteiger partial charge in [0.15, 0.2) is 11.5 Å². The number of nitrogens with one attached hydrogen (secondary N) is 1. The maximum absolute atomic E-state index is 12.8. The smallest absolute Gasteiger partial charge is 0.317 e. The lowest BCUT2D eigenvalue weighted by molar-refractivity contribution is 0.173. The molecule has 1 unspecified atom stereocenters. The fourth-order valence-corrected chi connectivity index (χ4v) is 4.18. The van der Waals surface area contributed by atoms with Crippen LogP contribution in [0.5, 0.6) is 11.5 Å². The monoisotopic (exact) mass is 403 g/mol. The molecule has 0 fully saturated rings. The zero-order valence-corrected chi connectivity index (χ0v) is 17.6. The summed E-state index contributed by atoms with van der Waals surface area (Å²) in [5, 5.41) is 7.39. The summed E-state index contributed by atoms with van der Waals surface area (Å²) >= 11 is 1.69. The zero-order chi connectivity index (χ0) is 19.9. The Labute approximate surface area is 171 Å². The molecule has 28 heavy (non-hydrogen) atoms. The van der Waals surface area contributed by atoms with E-state index < -0.39 is 0 Å². The highest BCUT2D eigenvalue weighted by Crippen LogP contribution is 2.32. The van der Waals surface area contributed by atoms with Gasteiger partial charge in [0.25, 0.3) is 0 Å². The number of carbonyl (C=O) groups excluding carboxylic acids is 1. The Morgan fingerprint density at radius 3 is 2.61 bits per heavy atom. The molecule has 2 amide bonds. The van der Waals surface area contributed by atoms with E-state index in [-0.39, 0.29) is 18.9 Å². The van der Waals surface area contributed by atoms with Crippen LogP contribution in [-0.2, 0) is 6.54 Å². The predicted molar refractivity (Wildman–Crippen MR) is 112 cm³/mol. The van der Waals surface area contributed by atoms with Crippen LogP contribution in [-0.4, -0.2) is 48.8 Å². The van der Waals surface area contributed by atoms with Gasteiger partial charge in [0.2, 0.25) is 6.79 Å². The average molecular weight is 404 g/mol. The third-order valence-corrected chi connectivity index (χ3v) is 5.81. The van der Waals surface area contributed by atoms with Crippen molar-refractivity contribution >= 4 is 17.4 Å². The molecule has 1 N–H and O–H groups in total. The standard InChI is InChI=1S/C21H29N3O3S/c1-4-23(5-2)18(17-9-10-28-14-17)12-22-21(25)24(6-3)13-16-7-8-19-20(11-16)27-15-26-19/h7-11,14,18H,4-6,12-13,15H2,1-3H3,(H,22,25). The topological polar surface area (TPSA) is 54.0 Å². The van der Waals surface area contributed by atoms with Crippen LogP contribution in [0.3, 0.4) is 0 Å². The molecule has 1 atom stereocenters. The van der Waals surface area contributed by atoms with Gasteiger partial charge < -0.3 is 19.7 Å². The number of rotatable bonds is 9. The minimum Gasteiger partial charge on any atom is -0.454 e. The number of nitrogens with zero attached hydrogens (tertiary/aromatic N) is 2. The van der Waals surface area contributed by atoms with Crippen molar-refractivity contribution in [1.29, 1.82) is 0 Å². The number of fused-ring (bicyclic) bond motifs is 1. The first-order valence-corrected chi connectivity index (χ1v) is 10.8. The van der Waals surface area contributed by atoms with E-state index in [9.17, 15) is 4.79 Å². The Morgan fingerprint density at radius 2 is 1.93 bits per heavy atom. The molecule has 6 nitrogen and oxygen atoms in total. The molecule has 152 valence electrons. The van der Waals surface area contributed by atoms with Crippen LogP contribution in [0.1, 0.15) is 37.9 Å². The number of benzene rings is 1. The van der Waals surface area contributed by atoms with Crippen molar-refractivity contribution in [2.75, 3.05) is 33.0 Å². The number of thiophene rings is 1. The van der Waals surface area contributed by atoms with Gasteiger partial charge in [0.05, 0.1) is 6.04 Å². The van der Waals surface area contributed by atoms with Gasteiger partial charge in [0, 0.05) is 19.6 Å². The molecule has 1 aromatic heterocycles. The van der Waals surface area contributed by atoms with Gasteiger partial charge in [-0.1, -0.05) is 19.9 Å². The second-order valence-corrected chi connectivity index (χ2v) is 7.46. The van der Waals surface area contributed by atoms with E-state index in [1.807, 2.05) is 30.0 Å². The van der Waals surface area contributed by atoms with E-state index >= 15 is 0 Å². The lowest BCUT2D eigenvalue weighted by Crippen LogP contribution is -2.44. The molecule has 1 aliphatic rings. The average Bonchev–Trinajstić information content (AvgIpc) is 3.40. The first-order chi connectivity index (χ1) is 13.7. The Hall–Kier alpha value is -2.25. The fourth-order valence-electron chi connectivity index (χ4n) is 3.47. The molecule has 7 heteroatoms. The molecular formula is C21H29N3O3S. The SMILES string of the molecule is CCN(Cc1ccc2c(c1)OCO2)C(=O)NCC(c1ccsc1)N(CC)CC. The van der Waals surface area contributed by atoms with Crippen molar-refractivity contribution in [3.8, 4) is 11.5 Å². The normalized spacial score (nSPS) is 13.6. The largest absolute Gasteiger partial charge is 0.454 e. The van der Waals surface area contributed by atoms with E-state index in [1.54, 1.807) is 11.3 Å². The summed E-state index contributed by atoms with van der Waals surface area (Å²) < 4.78 is 10.8. The quantitative estimate of drug-likeness (QED) is 0.685. The van der Waals surface area contributed by atoms with Crippen molar-refractivity contribution in [2.45, 2.75) is 33.4 Å². The van der Waals surface area contributed by atoms with Gasteiger partial charge in [-0.3, -0.25) is 4.90 Å². The van der Waals surface area contributed by atoms with Crippen LogP contribution in [0.15, 0.2) is 35.0 Å². The van der Waals surface area contributed by atoms with Crippen molar-refractivity contribution < 1.29 is 14.3 Å². The van der Waals surface area contributed by atoms with E-state index in [0.29, 0.717) is 19.6 Å². The number of hydrogen-bond donors (Lipinski definition) is 1. The summed E-state index contributed by atoms with van der Waals surface area (Å²) in [6.07, 6.45) is 0. The Morgan fingerprint density at radius 1 is 1.14 bits per heavy atom. The molecule has 0 saturated heterocycles. The van der Waals surface area contributed by atoms with Gasteiger partial charge in [-0.2, -0.15) is 11.3 Å². The molecule has 0 saturated carbocycles. The van der Waals surface area contributed by atoms with Gasteiger partial charge in [0.1, 0.15) is 0 Å². The van der Waals surface area contributed by atoms with Gasteiger partial charge in [-0.25, -0.2) is 4.79 Å². The molecule has 2 aromatic rings. The number of urea groups is 1. The van der Waals surface area contributed by atoms with Gasteiger partial charge >= 0.3 is 6.03 Å². The van der Waals surface area contributed by atoms with E-state index in [0.717, 1.165) is 30.2 Å². The Balaban J connectivity index is 1.62. The van der Waals surface area contributed by atoms with Crippen LogP contribution in [0.25, 0.3) is 0 Å². The number of hydrogen-bond acceptors (Lipinski definition) is 5. The number of ether oxygens (including phenoxy) is 2. The van der Waals surface area contributed by atoms with Crippen LogP contribution < -0.4 is 14.8 Å². The summed E-state index contributed by atoms with van der Waals surface area (Å²) in [4.78, 5) is 17.0. The van der Waals surface area contributed by atoms with Crippen molar-refractivity contribution in [3.63, 3.8) is 0 Å². The molecule has 0 aliphatic carbocycles. The molecule has 0 radical (unpaired) electrons. The molecule has 1 aromatic carbocycles. The summed E-state index contributed by atoms with van der Waals surface area (Å²) in [5.74, 6) is 1.50. The van der Waals surface area contributed by atoms with Gasteiger partial charge in [-0.05, 0) is 60.1 Å². The molecule has 0 bridgehead atoms. The lowest BCUT2D eigenvalue weighted by Gasteiger charge is -2.30. The summed E-state index contributed by atoms with van der Waals surface area (Å²) in [6, 6.07) is 8.11. The van der Waals surface area contributed by atoms with Crippen LogP contribution in [0.4, 0.5) is 4.79 Å². The summed E-state index contributed by atoms with van der Waals surface area (Å²) in [5.41, 5.74) is 2.28. The highest BCUT2D eigenvalue weighted by molar-refractivity contribution is 7.07. The van der Waals surface area contributed by atoms with Crippen molar-refractivity contribution in [3.05, 3.63) is 46.2 Å². The van der Waals surface area contributed by atoms with Crippen LogP contribution >= 0.6 is 11.3 Å². The van der Waals surface area contributed by atoms with E-state index in [2.05, 4.69) is 40.9 Å². The van der Waals surface area contributed by atoms with Crippen molar-refractivity contribution in [2.24, 2.45) is 0 Å². The van der Waals surface area contributed by atoms with E-state index in [4.69, 9.17) is 9.47 Å². The first-order valence-electron chi connectivity index (χ1n) is 9.83. The highest BCUT2D eigenvalue weighted by Gasteiger charge is 2.21. The Bertz CT molecular complexity index is 762. The molecule has 1 aliphatic heterocycles. The van der Waals surface area contributed by atoms with Crippen molar-refractivity contribution in [1.82, 2.24) is 15.1 Å². The maximum atomic E-state index is 12.8. The number of carbonyl (C=O) groups is 1. The van der Waals surface area contributed by atoms with Crippen LogP contribution in [0.2, 0.25) is 0 Å². The number of likely N-dealkylation sites (N-methyl/N-ethyl adjacent to an activating group) is 1. The first kappa shape index (κ1) is 20.5. The number of amides is 2. The Kier molecular flexibility index (Phi) is 7.17. The van der Waals surface area contributed by atoms with Gasteiger partial charge in [-0.15, -0.1) is 0 Å². The maximum Gasteiger partial charge on any atom is 0.317 e. The minimum atomic E-state index is -0.0486. The van der Waals surface area contributed by atoms with E-state index in [1.165, 1.54) is 5.56 Å². The molecule has 3 rings (SSSR count).